The molecule has 0 aliphatic carbocycles. The first-order chi connectivity index (χ1) is 8.97. The van der Waals surface area contributed by atoms with E-state index < -0.39 is 5.60 Å². The molecule has 19 heavy (non-hydrogen) atoms. The number of nitrogens with one attached hydrogen (secondary N) is 1. The molecule has 1 fully saturated rings. The Labute approximate surface area is 114 Å². The second kappa shape index (κ2) is 5.57. The molecule has 103 valence electrons. The highest BCUT2D eigenvalue weighted by Gasteiger charge is 2.32. The number of carbonyl (C=O) groups excluding carboxylic acids is 1. The van der Waals surface area contributed by atoms with Crippen LogP contribution in [0.25, 0.3) is 0 Å². The maximum absolute atomic E-state index is 12.3. The third-order valence-corrected chi connectivity index (χ3v) is 2.83. The summed E-state index contributed by atoms with van der Waals surface area (Å²) in [7, 11) is 0. The van der Waals surface area contributed by atoms with Crippen LogP contribution in [0.1, 0.15) is 20.8 Å². The number of rotatable bonds is 2. The highest BCUT2D eigenvalue weighted by Crippen LogP contribution is 2.19. The summed E-state index contributed by atoms with van der Waals surface area (Å²) in [5.41, 5.74) is 0.360. The Morgan fingerprint density at radius 2 is 2.37 bits per heavy atom. The van der Waals surface area contributed by atoms with Crippen molar-refractivity contribution >= 4 is 11.7 Å². The van der Waals surface area contributed by atoms with E-state index in [0.29, 0.717) is 6.54 Å². The summed E-state index contributed by atoms with van der Waals surface area (Å²) in [5.74, 6) is -0.211. The quantitative estimate of drug-likeness (QED) is 0.806. The van der Waals surface area contributed by atoms with E-state index in [1.54, 1.807) is 6.20 Å². The van der Waals surface area contributed by atoms with E-state index in [-0.39, 0.29) is 12.0 Å². The van der Waals surface area contributed by atoms with Crippen molar-refractivity contribution in [3.63, 3.8) is 0 Å². The highest BCUT2D eigenvalue weighted by atomic mass is 16.6. The molecule has 1 aliphatic heterocycles. The van der Waals surface area contributed by atoms with E-state index in [0.717, 1.165) is 18.8 Å². The standard InChI is InChI=1S/C14H20N3O2/c1-14(2,3)19-13(18)12-10-16-7-8-17(12)11-5-4-6-15-9-11/h4-6,12,16H,7-8,10H2,1-3H3. The van der Waals surface area contributed by atoms with Gasteiger partial charge in [-0.1, -0.05) is 0 Å². The van der Waals surface area contributed by atoms with Crippen molar-refractivity contribution < 1.29 is 9.53 Å². The molecule has 1 unspecified atom stereocenters. The molecule has 1 radical (unpaired) electrons. The summed E-state index contributed by atoms with van der Waals surface area (Å²) in [5, 5.41) is 3.22. The zero-order chi connectivity index (χ0) is 13.9. The Hall–Kier alpha value is -1.62. The third kappa shape index (κ3) is 3.67. The summed E-state index contributed by atoms with van der Waals surface area (Å²) in [6, 6.07) is 3.43. The Morgan fingerprint density at radius 1 is 1.58 bits per heavy atom. The Balaban J connectivity index is 2.15. The van der Waals surface area contributed by atoms with Crippen molar-refractivity contribution in [2.24, 2.45) is 0 Å². The number of aromatic nitrogens is 1. The van der Waals surface area contributed by atoms with E-state index in [4.69, 9.17) is 4.74 Å². The second-order valence-corrected chi connectivity index (χ2v) is 5.58. The number of esters is 1. The molecule has 0 spiro atoms. The number of hydrogen-bond acceptors (Lipinski definition) is 5. The minimum Gasteiger partial charge on any atom is -0.458 e. The first-order valence-corrected chi connectivity index (χ1v) is 6.50. The molecule has 0 bridgehead atoms. The fourth-order valence-electron chi connectivity index (χ4n) is 2.05. The summed E-state index contributed by atoms with van der Waals surface area (Å²) in [6.07, 6.45) is 4.60. The summed E-state index contributed by atoms with van der Waals surface area (Å²) in [6.45, 7) is 7.79. The molecule has 1 saturated heterocycles. The molecule has 1 aliphatic rings. The molecule has 0 amide bonds. The van der Waals surface area contributed by atoms with Crippen LogP contribution >= 0.6 is 0 Å². The lowest BCUT2D eigenvalue weighted by Crippen LogP contribution is -2.56. The van der Waals surface area contributed by atoms with Gasteiger partial charge in [-0.15, -0.1) is 0 Å². The normalized spacial score (nSPS) is 20.2. The number of carbonyl (C=O) groups is 1. The number of piperazine rings is 1. The summed E-state index contributed by atoms with van der Waals surface area (Å²) < 4.78 is 5.47. The molecule has 5 nitrogen and oxygen atoms in total. The first kappa shape index (κ1) is 13.8. The zero-order valence-electron chi connectivity index (χ0n) is 11.6. The van der Waals surface area contributed by atoms with Gasteiger partial charge in [0.05, 0.1) is 5.69 Å². The number of pyridine rings is 1. The van der Waals surface area contributed by atoms with Crippen LogP contribution < -0.4 is 10.2 Å². The molecule has 0 saturated carbocycles. The average Bonchev–Trinajstić information content (AvgIpc) is 2.38. The van der Waals surface area contributed by atoms with Crippen molar-refractivity contribution in [2.75, 3.05) is 24.5 Å². The van der Waals surface area contributed by atoms with Crippen molar-refractivity contribution in [3.05, 3.63) is 24.5 Å². The van der Waals surface area contributed by atoms with E-state index >= 15 is 0 Å². The van der Waals surface area contributed by atoms with Gasteiger partial charge in [0.2, 0.25) is 0 Å². The van der Waals surface area contributed by atoms with Gasteiger partial charge in [0, 0.05) is 25.8 Å². The van der Waals surface area contributed by atoms with Crippen LogP contribution in [0.15, 0.2) is 18.3 Å². The molecule has 2 rings (SSSR count). The number of nitrogens with zero attached hydrogens (tertiary/aromatic N) is 2. The minimum atomic E-state index is -0.473. The lowest BCUT2D eigenvalue weighted by atomic mass is 10.1. The number of hydrogen-bond donors (Lipinski definition) is 1. The van der Waals surface area contributed by atoms with E-state index in [2.05, 4.69) is 16.5 Å². The number of ether oxygens (including phenoxy) is 1. The monoisotopic (exact) mass is 262 g/mol. The maximum Gasteiger partial charge on any atom is 0.330 e. The molecule has 5 heteroatoms. The van der Waals surface area contributed by atoms with E-state index in [1.807, 2.05) is 37.8 Å². The van der Waals surface area contributed by atoms with Gasteiger partial charge in [-0.2, -0.15) is 0 Å². The van der Waals surface area contributed by atoms with Crippen LogP contribution in [0.3, 0.4) is 0 Å². The lowest BCUT2D eigenvalue weighted by molar-refractivity contribution is -0.156. The third-order valence-electron chi connectivity index (χ3n) is 2.83. The summed E-state index contributed by atoms with van der Waals surface area (Å²) in [4.78, 5) is 18.2. The van der Waals surface area contributed by atoms with Crippen molar-refractivity contribution in [1.29, 1.82) is 0 Å². The molecule has 2 heterocycles. The molecular weight excluding hydrogens is 242 g/mol. The van der Waals surface area contributed by atoms with Gasteiger partial charge < -0.3 is 15.0 Å². The van der Waals surface area contributed by atoms with Gasteiger partial charge in [0.1, 0.15) is 17.8 Å². The van der Waals surface area contributed by atoms with Gasteiger partial charge in [-0.25, -0.2) is 4.79 Å². The molecule has 1 atom stereocenters. The van der Waals surface area contributed by atoms with Crippen LogP contribution in [0, 0.1) is 6.20 Å². The van der Waals surface area contributed by atoms with Crippen LogP contribution in [-0.2, 0) is 9.53 Å². The Kier molecular flexibility index (Phi) is 4.04. The molecule has 1 N–H and O–H groups in total. The van der Waals surface area contributed by atoms with Gasteiger partial charge in [0.25, 0.3) is 0 Å². The second-order valence-electron chi connectivity index (χ2n) is 5.58. The highest BCUT2D eigenvalue weighted by molar-refractivity contribution is 5.81. The van der Waals surface area contributed by atoms with E-state index in [1.165, 1.54) is 0 Å². The molecule has 1 aromatic rings. The van der Waals surface area contributed by atoms with Crippen molar-refractivity contribution in [3.8, 4) is 0 Å². The van der Waals surface area contributed by atoms with Crippen molar-refractivity contribution in [1.82, 2.24) is 10.3 Å². The molecule has 0 aromatic carbocycles. The van der Waals surface area contributed by atoms with Gasteiger partial charge in [-0.3, -0.25) is 4.98 Å². The SMILES string of the molecule is CC(C)(C)OC(=O)C1CNCCN1c1[c]nccc1. The van der Waals surface area contributed by atoms with Crippen LogP contribution in [-0.4, -0.2) is 42.2 Å². The summed E-state index contributed by atoms with van der Waals surface area (Å²) >= 11 is 0. The largest absolute Gasteiger partial charge is 0.458 e. The topological polar surface area (TPSA) is 54.5 Å². The van der Waals surface area contributed by atoms with Gasteiger partial charge >= 0.3 is 5.97 Å². The minimum absolute atomic E-state index is 0.211. The first-order valence-electron chi connectivity index (χ1n) is 6.50. The number of anilines is 1. The maximum atomic E-state index is 12.3. The molecular formula is C14H20N3O2. The van der Waals surface area contributed by atoms with Crippen molar-refractivity contribution in [2.45, 2.75) is 32.4 Å². The predicted molar refractivity (Wildman–Crippen MR) is 72.9 cm³/mol. The zero-order valence-corrected chi connectivity index (χ0v) is 11.6. The van der Waals surface area contributed by atoms with E-state index in [9.17, 15) is 4.79 Å². The Morgan fingerprint density at radius 3 is 3.00 bits per heavy atom. The smallest absolute Gasteiger partial charge is 0.330 e. The fourth-order valence-corrected chi connectivity index (χ4v) is 2.05. The van der Waals surface area contributed by atoms with Gasteiger partial charge in [-0.05, 0) is 32.9 Å². The molecule has 1 aromatic heterocycles. The fraction of sp³-hybridized carbons (Fsp3) is 0.571. The lowest BCUT2D eigenvalue weighted by Gasteiger charge is -2.37. The predicted octanol–water partition coefficient (Wildman–Crippen LogP) is 1.00. The van der Waals surface area contributed by atoms with Crippen LogP contribution in [0.4, 0.5) is 5.69 Å². The Bertz CT molecular complexity index is 428. The average molecular weight is 262 g/mol. The van der Waals surface area contributed by atoms with Crippen LogP contribution in [0.2, 0.25) is 0 Å². The van der Waals surface area contributed by atoms with Crippen LogP contribution in [0.5, 0.6) is 0 Å². The van der Waals surface area contributed by atoms with Gasteiger partial charge in [0.15, 0.2) is 0 Å².